The van der Waals surface area contributed by atoms with Crippen molar-refractivity contribution in [1.82, 2.24) is 4.90 Å². The Morgan fingerprint density at radius 2 is 1.71 bits per heavy atom. The van der Waals surface area contributed by atoms with Gasteiger partial charge in [0.25, 0.3) is 5.91 Å². The SMILES string of the molecule is CCNc1c(F)cc(C(=O)N(CC(C)C)C(C)C)cc1F. The lowest BCUT2D eigenvalue weighted by Crippen LogP contribution is -2.39. The number of halogens is 2. The number of benzene rings is 1. The van der Waals surface area contributed by atoms with Crippen LogP contribution in [0.2, 0.25) is 0 Å². The van der Waals surface area contributed by atoms with Crippen LogP contribution >= 0.6 is 0 Å². The summed E-state index contributed by atoms with van der Waals surface area (Å²) in [6, 6.07) is 2.16. The predicted octanol–water partition coefficient (Wildman–Crippen LogP) is 3.90. The average molecular weight is 298 g/mol. The number of hydrogen-bond donors (Lipinski definition) is 1. The Morgan fingerprint density at radius 3 is 2.10 bits per heavy atom. The molecule has 0 atom stereocenters. The van der Waals surface area contributed by atoms with Gasteiger partial charge in [0.15, 0.2) is 0 Å². The topological polar surface area (TPSA) is 32.3 Å². The fourth-order valence-corrected chi connectivity index (χ4v) is 2.13. The molecule has 0 aromatic heterocycles. The number of carbonyl (C=O) groups is 1. The molecule has 1 amide bonds. The van der Waals surface area contributed by atoms with Crippen LogP contribution in [-0.4, -0.2) is 29.9 Å². The summed E-state index contributed by atoms with van der Waals surface area (Å²) in [5, 5.41) is 2.62. The molecule has 118 valence electrons. The molecule has 0 aliphatic heterocycles. The van der Waals surface area contributed by atoms with Crippen molar-refractivity contribution in [3.8, 4) is 0 Å². The highest BCUT2D eigenvalue weighted by Crippen LogP contribution is 2.22. The molecular weight excluding hydrogens is 274 g/mol. The number of rotatable bonds is 6. The van der Waals surface area contributed by atoms with Crippen LogP contribution in [0.4, 0.5) is 14.5 Å². The smallest absolute Gasteiger partial charge is 0.254 e. The Hall–Kier alpha value is -1.65. The molecule has 0 heterocycles. The zero-order valence-corrected chi connectivity index (χ0v) is 13.3. The third kappa shape index (κ3) is 4.41. The maximum atomic E-state index is 13.9. The summed E-state index contributed by atoms with van der Waals surface area (Å²) >= 11 is 0. The summed E-state index contributed by atoms with van der Waals surface area (Å²) in [7, 11) is 0. The average Bonchev–Trinajstić information content (AvgIpc) is 2.38. The maximum absolute atomic E-state index is 13.9. The summed E-state index contributed by atoms with van der Waals surface area (Å²) < 4.78 is 27.8. The van der Waals surface area contributed by atoms with E-state index in [0.717, 1.165) is 12.1 Å². The maximum Gasteiger partial charge on any atom is 0.254 e. The third-order valence-electron chi connectivity index (χ3n) is 3.09. The second-order valence-corrected chi connectivity index (χ2v) is 5.79. The fourth-order valence-electron chi connectivity index (χ4n) is 2.13. The van der Waals surface area contributed by atoms with Gasteiger partial charge in [0.1, 0.15) is 17.3 Å². The number of nitrogens with one attached hydrogen (secondary N) is 1. The minimum absolute atomic E-state index is 0.0283. The van der Waals surface area contributed by atoms with Crippen molar-refractivity contribution >= 4 is 11.6 Å². The van der Waals surface area contributed by atoms with Crippen LogP contribution in [-0.2, 0) is 0 Å². The Morgan fingerprint density at radius 1 is 1.19 bits per heavy atom. The number of anilines is 1. The largest absolute Gasteiger partial charge is 0.381 e. The lowest BCUT2D eigenvalue weighted by molar-refractivity contribution is 0.0681. The summed E-state index contributed by atoms with van der Waals surface area (Å²) in [6.07, 6.45) is 0. The summed E-state index contributed by atoms with van der Waals surface area (Å²) in [5.74, 6) is -1.55. The second kappa shape index (κ2) is 7.38. The van der Waals surface area contributed by atoms with E-state index in [0.29, 0.717) is 13.1 Å². The van der Waals surface area contributed by atoms with Crippen LogP contribution in [0.15, 0.2) is 12.1 Å². The monoisotopic (exact) mass is 298 g/mol. The molecule has 0 radical (unpaired) electrons. The lowest BCUT2D eigenvalue weighted by atomic mass is 10.1. The van der Waals surface area contributed by atoms with Crippen LogP contribution in [0.3, 0.4) is 0 Å². The van der Waals surface area contributed by atoms with E-state index >= 15 is 0 Å². The number of nitrogens with zero attached hydrogens (tertiary/aromatic N) is 1. The van der Waals surface area contributed by atoms with E-state index in [2.05, 4.69) is 5.32 Å². The third-order valence-corrected chi connectivity index (χ3v) is 3.09. The van der Waals surface area contributed by atoms with E-state index in [4.69, 9.17) is 0 Å². The van der Waals surface area contributed by atoms with Gasteiger partial charge in [-0.1, -0.05) is 13.8 Å². The highest BCUT2D eigenvalue weighted by atomic mass is 19.1. The molecule has 5 heteroatoms. The molecule has 1 aromatic carbocycles. The first-order valence-corrected chi connectivity index (χ1v) is 7.31. The zero-order chi connectivity index (χ0) is 16.2. The van der Waals surface area contributed by atoms with Gasteiger partial charge < -0.3 is 10.2 Å². The summed E-state index contributed by atoms with van der Waals surface area (Å²) in [4.78, 5) is 14.1. The van der Waals surface area contributed by atoms with Crippen LogP contribution in [0, 0.1) is 17.6 Å². The molecule has 0 unspecified atom stereocenters. The normalized spacial score (nSPS) is 11.1. The van der Waals surface area contributed by atoms with Crippen LogP contribution in [0.25, 0.3) is 0 Å². The minimum atomic E-state index is -0.742. The van der Waals surface area contributed by atoms with Crippen molar-refractivity contribution in [3.63, 3.8) is 0 Å². The van der Waals surface area contributed by atoms with Crippen LogP contribution in [0.1, 0.15) is 45.0 Å². The van der Waals surface area contributed by atoms with Gasteiger partial charge in [-0.3, -0.25) is 4.79 Å². The predicted molar refractivity (Wildman–Crippen MR) is 81.5 cm³/mol. The number of hydrogen-bond acceptors (Lipinski definition) is 2. The molecule has 1 rings (SSSR count). The van der Waals surface area contributed by atoms with E-state index in [-0.39, 0.29) is 29.1 Å². The Kier molecular flexibility index (Phi) is 6.12. The molecule has 0 saturated carbocycles. The van der Waals surface area contributed by atoms with Crippen molar-refractivity contribution in [1.29, 1.82) is 0 Å². The van der Waals surface area contributed by atoms with E-state index in [1.54, 1.807) is 11.8 Å². The van der Waals surface area contributed by atoms with Gasteiger partial charge in [-0.05, 0) is 38.8 Å². The van der Waals surface area contributed by atoms with E-state index in [1.807, 2.05) is 27.7 Å². The molecule has 0 bridgehead atoms. The van der Waals surface area contributed by atoms with Crippen molar-refractivity contribution in [2.75, 3.05) is 18.4 Å². The number of amides is 1. The molecule has 0 saturated heterocycles. The van der Waals surface area contributed by atoms with Gasteiger partial charge in [0.05, 0.1) is 0 Å². The van der Waals surface area contributed by atoms with Crippen molar-refractivity contribution in [3.05, 3.63) is 29.3 Å². The van der Waals surface area contributed by atoms with Gasteiger partial charge in [0, 0.05) is 24.7 Å². The zero-order valence-electron chi connectivity index (χ0n) is 13.3. The quantitative estimate of drug-likeness (QED) is 0.863. The first-order chi connectivity index (χ1) is 9.77. The van der Waals surface area contributed by atoms with Gasteiger partial charge >= 0.3 is 0 Å². The second-order valence-electron chi connectivity index (χ2n) is 5.79. The molecular formula is C16H24F2N2O. The summed E-state index contributed by atoms with van der Waals surface area (Å²) in [6.45, 7) is 10.5. The van der Waals surface area contributed by atoms with Crippen molar-refractivity contribution in [2.45, 2.75) is 40.7 Å². The molecule has 0 aliphatic carbocycles. The molecule has 1 aromatic rings. The minimum Gasteiger partial charge on any atom is -0.381 e. The molecule has 3 nitrogen and oxygen atoms in total. The Bertz CT molecular complexity index is 478. The highest BCUT2D eigenvalue weighted by Gasteiger charge is 2.22. The standard InChI is InChI=1S/C16H24F2N2O/c1-6-19-15-13(17)7-12(8-14(15)18)16(21)20(11(4)5)9-10(2)3/h7-8,10-11,19H,6,9H2,1-5H3. The van der Waals surface area contributed by atoms with Crippen molar-refractivity contribution in [2.24, 2.45) is 5.92 Å². The van der Waals surface area contributed by atoms with Gasteiger partial charge in [-0.25, -0.2) is 8.78 Å². The molecule has 0 fully saturated rings. The van der Waals surface area contributed by atoms with Gasteiger partial charge in [-0.15, -0.1) is 0 Å². The van der Waals surface area contributed by atoms with E-state index in [1.165, 1.54) is 0 Å². The molecule has 1 N–H and O–H groups in total. The summed E-state index contributed by atoms with van der Waals surface area (Å²) in [5.41, 5.74) is -0.144. The van der Waals surface area contributed by atoms with Crippen LogP contribution in [0.5, 0.6) is 0 Å². The molecule has 0 aliphatic rings. The fraction of sp³-hybridized carbons (Fsp3) is 0.562. The first kappa shape index (κ1) is 17.4. The van der Waals surface area contributed by atoms with E-state index < -0.39 is 11.6 Å². The van der Waals surface area contributed by atoms with Crippen LogP contribution < -0.4 is 5.32 Å². The molecule has 21 heavy (non-hydrogen) atoms. The number of carbonyl (C=O) groups excluding carboxylic acids is 1. The Labute approximate surface area is 125 Å². The van der Waals surface area contributed by atoms with Crippen molar-refractivity contribution < 1.29 is 13.6 Å². The van der Waals surface area contributed by atoms with Gasteiger partial charge in [-0.2, -0.15) is 0 Å². The lowest BCUT2D eigenvalue weighted by Gasteiger charge is -2.28. The van der Waals surface area contributed by atoms with E-state index in [9.17, 15) is 13.6 Å². The Balaban J connectivity index is 3.11. The highest BCUT2D eigenvalue weighted by molar-refractivity contribution is 5.94. The van der Waals surface area contributed by atoms with Gasteiger partial charge in [0.2, 0.25) is 0 Å². The first-order valence-electron chi connectivity index (χ1n) is 7.31. The molecule has 0 spiro atoms.